The molecule has 172 valence electrons. The second-order valence-electron chi connectivity index (χ2n) is 8.80. The molecule has 2 saturated heterocycles. The van der Waals surface area contributed by atoms with E-state index in [9.17, 15) is 18.0 Å². The predicted molar refractivity (Wildman–Crippen MR) is 124 cm³/mol. The van der Waals surface area contributed by atoms with Crippen molar-refractivity contribution >= 4 is 34.1 Å². The first-order chi connectivity index (χ1) is 14.7. The molecule has 1 N–H and O–H groups in total. The molecule has 7 nitrogen and oxygen atoms in total. The summed E-state index contributed by atoms with van der Waals surface area (Å²) in [6.45, 7) is 5.98. The Hall–Kier alpha value is -1.58. The lowest BCUT2D eigenvalue weighted by molar-refractivity contribution is -0.134. The first-order valence-electron chi connectivity index (χ1n) is 10.8. The Morgan fingerprint density at radius 3 is 2.55 bits per heavy atom. The molecule has 2 fully saturated rings. The van der Waals surface area contributed by atoms with E-state index in [1.165, 1.54) is 0 Å². The smallest absolute Gasteiger partial charge is 0.245 e. The van der Waals surface area contributed by atoms with E-state index in [-0.39, 0.29) is 11.3 Å². The number of benzene rings is 1. The average molecular weight is 468 g/mol. The van der Waals surface area contributed by atoms with Crippen LogP contribution in [0.3, 0.4) is 0 Å². The largest absolute Gasteiger partial charge is 0.347 e. The lowest BCUT2D eigenvalue weighted by Crippen LogP contribution is -2.48. The van der Waals surface area contributed by atoms with Gasteiger partial charge in [0.25, 0.3) is 0 Å². The van der Waals surface area contributed by atoms with Crippen LogP contribution in [-0.2, 0) is 19.6 Å². The van der Waals surface area contributed by atoms with Crippen LogP contribution in [0.15, 0.2) is 23.1 Å². The number of thioether (sulfide) groups is 1. The second kappa shape index (κ2) is 9.92. The van der Waals surface area contributed by atoms with E-state index in [2.05, 4.69) is 5.32 Å². The molecule has 0 aromatic heterocycles. The Bertz CT molecular complexity index is 911. The molecule has 1 aromatic carbocycles. The molecule has 0 aliphatic carbocycles. The molecule has 1 spiro atoms. The number of piperidine rings is 1. The number of carbonyl (C=O) groups is 2. The summed E-state index contributed by atoms with van der Waals surface area (Å²) in [7, 11) is -3.52. The van der Waals surface area contributed by atoms with Gasteiger partial charge in [-0.1, -0.05) is 12.1 Å². The molecule has 2 aliphatic heterocycles. The Morgan fingerprint density at radius 1 is 1.23 bits per heavy atom. The van der Waals surface area contributed by atoms with Gasteiger partial charge in [-0.15, -0.1) is 0 Å². The summed E-state index contributed by atoms with van der Waals surface area (Å²) < 4.78 is 28.0. The summed E-state index contributed by atoms with van der Waals surface area (Å²) in [5.41, 5.74) is 1.67. The van der Waals surface area contributed by atoms with E-state index >= 15 is 0 Å². The fourth-order valence-electron chi connectivity index (χ4n) is 4.67. The second-order valence-corrected chi connectivity index (χ2v) is 11.7. The summed E-state index contributed by atoms with van der Waals surface area (Å²) in [5, 5.41) is 2.67. The zero-order valence-electron chi connectivity index (χ0n) is 18.6. The standard InChI is InChI=1S/C22H33N3O4S2/c1-17-4-5-18(2)20(14-17)31(28,29)25-11-8-22(9-12-25)7-10-24(15-22)21(27)19(23-16-26)6-13-30-3/h4-5,14,16,19H,6-13,15H2,1-3H3,(H,23,26). The third-order valence-electron chi connectivity index (χ3n) is 6.67. The maximum absolute atomic E-state index is 13.2. The van der Waals surface area contributed by atoms with Crippen LogP contribution in [0.2, 0.25) is 0 Å². The van der Waals surface area contributed by atoms with Crippen LogP contribution in [0.4, 0.5) is 0 Å². The highest BCUT2D eigenvalue weighted by molar-refractivity contribution is 7.98. The highest BCUT2D eigenvalue weighted by Crippen LogP contribution is 2.42. The summed E-state index contributed by atoms with van der Waals surface area (Å²) in [6.07, 6.45) is 5.57. The maximum Gasteiger partial charge on any atom is 0.245 e. The molecule has 9 heteroatoms. The first-order valence-corrected chi connectivity index (χ1v) is 13.6. The van der Waals surface area contributed by atoms with Gasteiger partial charge >= 0.3 is 0 Å². The molecule has 0 bridgehead atoms. The molecule has 0 saturated carbocycles. The van der Waals surface area contributed by atoms with Gasteiger partial charge in [-0.25, -0.2) is 8.42 Å². The first kappa shape index (κ1) is 24.1. The molecule has 1 unspecified atom stereocenters. The van der Waals surface area contributed by atoms with Crippen molar-refractivity contribution in [3.8, 4) is 0 Å². The molecule has 1 atom stereocenters. The molecule has 0 radical (unpaired) electrons. The number of likely N-dealkylation sites (tertiary alicyclic amines) is 1. The average Bonchev–Trinajstić information content (AvgIpc) is 3.16. The van der Waals surface area contributed by atoms with Crippen molar-refractivity contribution in [1.82, 2.24) is 14.5 Å². The van der Waals surface area contributed by atoms with E-state index in [1.54, 1.807) is 22.1 Å². The summed E-state index contributed by atoms with van der Waals surface area (Å²) in [4.78, 5) is 26.1. The SMILES string of the molecule is CSCCC(NC=O)C(=O)N1CCC2(CCN(S(=O)(=O)c3cc(C)ccc3C)CC2)C1. The minimum atomic E-state index is -3.52. The summed E-state index contributed by atoms with van der Waals surface area (Å²) in [5.74, 6) is 0.782. The zero-order valence-corrected chi connectivity index (χ0v) is 20.2. The highest BCUT2D eigenvalue weighted by atomic mass is 32.2. The number of aryl methyl sites for hydroxylation is 2. The maximum atomic E-state index is 13.2. The van der Waals surface area contributed by atoms with Gasteiger partial charge in [0, 0.05) is 26.2 Å². The summed E-state index contributed by atoms with van der Waals surface area (Å²) >= 11 is 1.65. The number of carbonyl (C=O) groups excluding carboxylic acids is 2. The topological polar surface area (TPSA) is 86.8 Å². The Labute approximate surface area is 190 Å². The number of amides is 2. The lowest BCUT2D eigenvalue weighted by Gasteiger charge is -2.39. The highest BCUT2D eigenvalue weighted by Gasteiger charge is 2.45. The van der Waals surface area contributed by atoms with E-state index in [4.69, 9.17) is 0 Å². The molecule has 2 aliphatic rings. The van der Waals surface area contributed by atoms with E-state index in [0.717, 1.165) is 36.1 Å². The molecule has 2 heterocycles. The molecular formula is C22H33N3O4S2. The van der Waals surface area contributed by atoms with Gasteiger partial charge in [0.15, 0.2) is 0 Å². The number of nitrogens with one attached hydrogen (secondary N) is 1. The molecule has 31 heavy (non-hydrogen) atoms. The number of rotatable bonds is 8. The number of sulfonamides is 1. The van der Waals surface area contributed by atoms with Crippen molar-refractivity contribution in [2.75, 3.05) is 38.2 Å². The third-order valence-corrected chi connectivity index (χ3v) is 9.36. The van der Waals surface area contributed by atoms with E-state index < -0.39 is 16.1 Å². The van der Waals surface area contributed by atoms with Crippen molar-refractivity contribution in [2.24, 2.45) is 5.41 Å². The van der Waals surface area contributed by atoms with E-state index in [0.29, 0.717) is 43.9 Å². The molecule has 3 rings (SSSR count). The monoisotopic (exact) mass is 467 g/mol. The fraction of sp³-hybridized carbons (Fsp3) is 0.636. The predicted octanol–water partition coefficient (Wildman–Crippen LogP) is 2.17. The van der Waals surface area contributed by atoms with Crippen LogP contribution in [0.25, 0.3) is 0 Å². The van der Waals surface area contributed by atoms with Gasteiger partial charge in [0.2, 0.25) is 22.3 Å². The van der Waals surface area contributed by atoms with Crippen molar-refractivity contribution in [1.29, 1.82) is 0 Å². The van der Waals surface area contributed by atoms with Crippen molar-refractivity contribution in [3.63, 3.8) is 0 Å². The molecule has 2 amide bonds. The Balaban J connectivity index is 1.64. The van der Waals surface area contributed by atoms with Crippen LogP contribution >= 0.6 is 11.8 Å². The van der Waals surface area contributed by atoms with Crippen molar-refractivity contribution in [3.05, 3.63) is 29.3 Å². The summed E-state index contributed by atoms with van der Waals surface area (Å²) in [6, 6.07) is 5.05. The minimum absolute atomic E-state index is 0.0246. The number of nitrogens with zero attached hydrogens (tertiary/aromatic N) is 2. The van der Waals surface area contributed by atoms with E-state index in [1.807, 2.05) is 37.1 Å². The lowest BCUT2D eigenvalue weighted by atomic mass is 9.78. The van der Waals surface area contributed by atoms with Gasteiger partial charge in [0.1, 0.15) is 6.04 Å². The quantitative estimate of drug-likeness (QED) is 0.592. The van der Waals surface area contributed by atoms with Crippen LogP contribution in [-0.4, -0.2) is 74.2 Å². The third kappa shape index (κ3) is 5.26. The molecular weight excluding hydrogens is 434 g/mol. The number of hydrogen-bond acceptors (Lipinski definition) is 5. The Kier molecular flexibility index (Phi) is 7.70. The minimum Gasteiger partial charge on any atom is -0.347 e. The van der Waals surface area contributed by atoms with Gasteiger partial charge in [-0.05, 0) is 74.1 Å². The van der Waals surface area contributed by atoms with Gasteiger partial charge in [0.05, 0.1) is 4.90 Å². The van der Waals surface area contributed by atoms with Crippen LogP contribution in [0.5, 0.6) is 0 Å². The zero-order chi connectivity index (χ0) is 22.6. The van der Waals surface area contributed by atoms with Crippen LogP contribution in [0, 0.1) is 19.3 Å². The van der Waals surface area contributed by atoms with Gasteiger partial charge in [-0.3, -0.25) is 9.59 Å². The van der Waals surface area contributed by atoms with Gasteiger partial charge in [-0.2, -0.15) is 16.1 Å². The molecule has 1 aromatic rings. The fourth-order valence-corrected chi connectivity index (χ4v) is 6.90. The van der Waals surface area contributed by atoms with Crippen molar-refractivity contribution in [2.45, 2.75) is 50.5 Å². The van der Waals surface area contributed by atoms with Crippen LogP contribution < -0.4 is 5.32 Å². The Morgan fingerprint density at radius 2 is 1.90 bits per heavy atom. The van der Waals surface area contributed by atoms with Crippen LogP contribution in [0.1, 0.15) is 36.8 Å². The van der Waals surface area contributed by atoms with Gasteiger partial charge < -0.3 is 10.2 Å². The van der Waals surface area contributed by atoms with Crippen molar-refractivity contribution < 1.29 is 18.0 Å². The normalized spacial score (nSPS) is 20.0. The number of hydrogen-bond donors (Lipinski definition) is 1.